The van der Waals surface area contributed by atoms with Crippen molar-refractivity contribution in [2.75, 3.05) is 24.5 Å². The minimum Gasteiger partial charge on any atom is -0.371 e. The second kappa shape index (κ2) is 5.65. The number of carbonyl (C=O) groups is 1. The first kappa shape index (κ1) is 13.8. The highest BCUT2D eigenvalue weighted by Crippen LogP contribution is 2.30. The summed E-state index contributed by atoms with van der Waals surface area (Å²) < 4.78 is 0. The largest absolute Gasteiger partial charge is 0.371 e. The Bertz CT molecular complexity index is 672. The Morgan fingerprint density at radius 1 is 1.43 bits per heavy atom. The number of anilines is 1. The fourth-order valence-corrected chi connectivity index (χ4v) is 3.01. The van der Waals surface area contributed by atoms with Crippen molar-refractivity contribution in [3.8, 4) is 0 Å². The average molecular weight is 285 g/mol. The molecular formula is C15H19N5O. The molecule has 0 bridgehead atoms. The van der Waals surface area contributed by atoms with Crippen molar-refractivity contribution in [2.24, 2.45) is 17.4 Å². The third-order valence-electron chi connectivity index (χ3n) is 4.11. The third kappa shape index (κ3) is 2.54. The SMILES string of the molecule is NCC1CCCN(c2ccc(C(N)=O)c3ncncc23)C1. The van der Waals surface area contributed by atoms with Gasteiger partial charge in [-0.3, -0.25) is 4.79 Å². The van der Waals surface area contributed by atoms with Gasteiger partial charge in [0.15, 0.2) is 0 Å². The van der Waals surface area contributed by atoms with E-state index in [1.165, 1.54) is 12.7 Å². The maximum Gasteiger partial charge on any atom is 0.250 e. The molecule has 1 amide bonds. The van der Waals surface area contributed by atoms with Crippen LogP contribution in [0.1, 0.15) is 23.2 Å². The van der Waals surface area contributed by atoms with E-state index in [0.717, 1.165) is 30.6 Å². The summed E-state index contributed by atoms with van der Waals surface area (Å²) in [6.45, 7) is 2.61. The van der Waals surface area contributed by atoms with Gasteiger partial charge in [0.2, 0.25) is 0 Å². The Morgan fingerprint density at radius 2 is 2.29 bits per heavy atom. The lowest BCUT2D eigenvalue weighted by atomic mass is 9.97. The van der Waals surface area contributed by atoms with E-state index in [1.54, 1.807) is 12.3 Å². The van der Waals surface area contributed by atoms with Crippen LogP contribution in [0.25, 0.3) is 10.9 Å². The highest BCUT2D eigenvalue weighted by molar-refractivity contribution is 6.07. The molecule has 110 valence electrons. The molecule has 0 saturated carbocycles. The minimum absolute atomic E-state index is 0.434. The van der Waals surface area contributed by atoms with Gasteiger partial charge in [0, 0.05) is 30.4 Å². The number of carbonyl (C=O) groups excluding carboxylic acids is 1. The number of fused-ring (bicyclic) bond motifs is 1. The van der Waals surface area contributed by atoms with Crippen molar-refractivity contribution in [3.05, 3.63) is 30.2 Å². The Morgan fingerprint density at radius 3 is 3.05 bits per heavy atom. The summed E-state index contributed by atoms with van der Waals surface area (Å²) in [5.74, 6) is 0.0398. The van der Waals surface area contributed by atoms with Crippen LogP contribution in [0.3, 0.4) is 0 Å². The smallest absolute Gasteiger partial charge is 0.250 e. The average Bonchev–Trinajstić information content (AvgIpc) is 2.53. The molecule has 1 aliphatic rings. The van der Waals surface area contributed by atoms with E-state index in [0.29, 0.717) is 23.5 Å². The Kier molecular flexibility index (Phi) is 3.70. The second-order valence-corrected chi connectivity index (χ2v) is 5.47. The Balaban J connectivity index is 2.07. The molecule has 1 aromatic carbocycles. The van der Waals surface area contributed by atoms with Gasteiger partial charge in [0.05, 0.1) is 11.1 Å². The van der Waals surface area contributed by atoms with Gasteiger partial charge < -0.3 is 16.4 Å². The van der Waals surface area contributed by atoms with E-state index >= 15 is 0 Å². The number of piperidine rings is 1. The topological polar surface area (TPSA) is 98.1 Å². The molecule has 1 aliphatic heterocycles. The lowest BCUT2D eigenvalue weighted by molar-refractivity contribution is 0.100. The summed E-state index contributed by atoms with van der Waals surface area (Å²) >= 11 is 0. The fourth-order valence-electron chi connectivity index (χ4n) is 3.01. The molecule has 0 radical (unpaired) electrons. The molecule has 0 aliphatic carbocycles. The molecule has 1 aromatic heterocycles. The number of nitrogens with two attached hydrogens (primary N) is 2. The monoisotopic (exact) mass is 285 g/mol. The summed E-state index contributed by atoms with van der Waals surface area (Å²) in [5.41, 5.74) is 13.3. The maximum absolute atomic E-state index is 11.5. The maximum atomic E-state index is 11.5. The highest BCUT2D eigenvalue weighted by Gasteiger charge is 2.21. The molecule has 4 N–H and O–H groups in total. The zero-order valence-corrected chi connectivity index (χ0v) is 11.8. The lowest BCUT2D eigenvalue weighted by Crippen LogP contribution is -2.38. The van der Waals surface area contributed by atoms with Crippen molar-refractivity contribution in [1.29, 1.82) is 0 Å². The number of rotatable bonds is 3. The standard InChI is InChI=1S/C15H19N5O/c16-6-10-2-1-5-20(8-10)13-4-3-11(15(17)21)14-12(13)7-18-9-19-14/h3-4,7,9-10H,1-2,5-6,8,16H2,(H2,17,21). The number of aromatic nitrogens is 2. The number of primary amides is 1. The van der Waals surface area contributed by atoms with Crippen LogP contribution in [0.15, 0.2) is 24.7 Å². The molecule has 2 heterocycles. The molecule has 1 fully saturated rings. The van der Waals surface area contributed by atoms with E-state index in [1.807, 2.05) is 6.07 Å². The molecule has 21 heavy (non-hydrogen) atoms. The van der Waals surface area contributed by atoms with E-state index < -0.39 is 5.91 Å². The summed E-state index contributed by atoms with van der Waals surface area (Å²) in [5, 5.41) is 0.867. The zero-order chi connectivity index (χ0) is 14.8. The second-order valence-electron chi connectivity index (χ2n) is 5.47. The molecule has 0 spiro atoms. The van der Waals surface area contributed by atoms with Gasteiger partial charge in [-0.25, -0.2) is 9.97 Å². The van der Waals surface area contributed by atoms with Crippen LogP contribution < -0.4 is 16.4 Å². The van der Waals surface area contributed by atoms with Crippen molar-refractivity contribution < 1.29 is 4.79 Å². The normalized spacial score (nSPS) is 18.9. The van der Waals surface area contributed by atoms with Gasteiger partial charge in [-0.1, -0.05) is 0 Å². The molecule has 1 saturated heterocycles. The molecule has 6 nitrogen and oxygen atoms in total. The molecular weight excluding hydrogens is 266 g/mol. The van der Waals surface area contributed by atoms with Crippen molar-refractivity contribution in [1.82, 2.24) is 9.97 Å². The molecule has 6 heteroatoms. The molecule has 1 atom stereocenters. The van der Waals surface area contributed by atoms with Gasteiger partial charge in [-0.05, 0) is 37.4 Å². The predicted molar refractivity (Wildman–Crippen MR) is 82.0 cm³/mol. The van der Waals surface area contributed by atoms with Gasteiger partial charge in [0.25, 0.3) is 5.91 Å². The number of nitrogens with zero attached hydrogens (tertiary/aromatic N) is 3. The summed E-state index contributed by atoms with van der Waals surface area (Å²) in [6.07, 6.45) is 5.48. The lowest BCUT2D eigenvalue weighted by Gasteiger charge is -2.34. The summed E-state index contributed by atoms with van der Waals surface area (Å²) in [6, 6.07) is 3.68. The number of hydrogen-bond donors (Lipinski definition) is 2. The first-order valence-corrected chi connectivity index (χ1v) is 7.18. The van der Waals surface area contributed by atoms with Crippen molar-refractivity contribution >= 4 is 22.5 Å². The van der Waals surface area contributed by atoms with E-state index in [2.05, 4.69) is 14.9 Å². The minimum atomic E-state index is -0.469. The van der Waals surface area contributed by atoms with Crippen molar-refractivity contribution in [3.63, 3.8) is 0 Å². The van der Waals surface area contributed by atoms with Crippen LogP contribution in [-0.2, 0) is 0 Å². The van der Waals surface area contributed by atoms with E-state index in [9.17, 15) is 4.79 Å². The van der Waals surface area contributed by atoms with Crippen LogP contribution in [0.5, 0.6) is 0 Å². The summed E-state index contributed by atoms with van der Waals surface area (Å²) in [4.78, 5) is 22.2. The van der Waals surface area contributed by atoms with Gasteiger partial charge >= 0.3 is 0 Å². The van der Waals surface area contributed by atoms with Gasteiger partial charge in [-0.15, -0.1) is 0 Å². The van der Waals surface area contributed by atoms with Gasteiger partial charge in [-0.2, -0.15) is 0 Å². The van der Waals surface area contributed by atoms with Crippen LogP contribution >= 0.6 is 0 Å². The molecule has 2 aromatic rings. The van der Waals surface area contributed by atoms with E-state index in [4.69, 9.17) is 11.5 Å². The number of hydrogen-bond acceptors (Lipinski definition) is 5. The predicted octanol–water partition coefficient (Wildman–Crippen LogP) is 0.904. The van der Waals surface area contributed by atoms with E-state index in [-0.39, 0.29) is 0 Å². The number of benzene rings is 1. The van der Waals surface area contributed by atoms with Crippen LogP contribution in [0.2, 0.25) is 0 Å². The Labute approximate surface area is 123 Å². The zero-order valence-electron chi connectivity index (χ0n) is 11.8. The summed E-state index contributed by atoms with van der Waals surface area (Å²) in [7, 11) is 0. The first-order valence-electron chi connectivity index (χ1n) is 7.18. The van der Waals surface area contributed by atoms with Crippen LogP contribution in [0.4, 0.5) is 5.69 Å². The fraction of sp³-hybridized carbons (Fsp3) is 0.400. The third-order valence-corrected chi connectivity index (χ3v) is 4.11. The molecule has 3 rings (SSSR count). The Hall–Kier alpha value is -2.21. The van der Waals surface area contributed by atoms with Crippen LogP contribution in [0, 0.1) is 5.92 Å². The van der Waals surface area contributed by atoms with Crippen LogP contribution in [-0.4, -0.2) is 35.5 Å². The van der Waals surface area contributed by atoms with Crippen molar-refractivity contribution in [2.45, 2.75) is 12.8 Å². The number of amides is 1. The molecule has 1 unspecified atom stereocenters. The first-order chi connectivity index (χ1) is 10.2. The quantitative estimate of drug-likeness (QED) is 0.873. The van der Waals surface area contributed by atoms with Gasteiger partial charge in [0.1, 0.15) is 6.33 Å². The highest BCUT2D eigenvalue weighted by atomic mass is 16.1.